The highest BCUT2D eigenvalue weighted by atomic mass is 19.1. The average molecular weight is 336 g/mol. The third-order valence-corrected chi connectivity index (χ3v) is 8.88. The summed E-state index contributed by atoms with van der Waals surface area (Å²) in [5.41, 5.74) is -3.94. The number of rotatable bonds is 0. The van der Waals surface area contributed by atoms with Crippen molar-refractivity contribution in [2.75, 3.05) is 0 Å². The monoisotopic (exact) mass is 336 g/mol. The Balaban J connectivity index is 1.79. The molecule has 0 aromatic carbocycles. The Labute approximate surface area is 143 Å². The normalized spacial score (nSPS) is 57.3. The third kappa shape index (κ3) is 1.71. The minimum atomic E-state index is -1.82. The number of Topliss-reactive ketones (excluding diaryl/α,β-unsaturated/α-hetero) is 2. The zero-order valence-corrected chi connectivity index (χ0v) is 15.0. The Hall–Kier alpha value is -0.770. The Morgan fingerprint density at radius 2 is 1.71 bits per heavy atom. The van der Waals surface area contributed by atoms with Crippen molar-refractivity contribution < 1.29 is 19.1 Å². The molecule has 134 valence electrons. The van der Waals surface area contributed by atoms with Crippen LogP contribution in [0.2, 0.25) is 0 Å². The van der Waals surface area contributed by atoms with Gasteiger partial charge in [-0.2, -0.15) is 0 Å². The van der Waals surface area contributed by atoms with E-state index in [9.17, 15) is 14.7 Å². The Bertz CT molecular complexity index is 614. The smallest absolute Gasteiger partial charge is 0.177 e. The fourth-order valence-corrected chi connectivity index (χ4v) is 6.98. The van der Waals surface area contributed by atoms with Crippen LogP contribution in [0.25, 0.3) is 0 Å². The second-order valence-electron chi connectivity index (χ2n) is 9.69. The highest BCUT2D eigenvalue weighted by Crippen LogP contribution is 2.69. The second-order valence-corrected chi connectivity index (χ2v) is 9.69. The molecule has 4 aliphatic rings. The van der Waals surface area contributed by atoms with Gasteiger partial charge in [-0.1, -0.05) is 13.8 Å². The maximum Gasteiger partial charge on any atom is 0.177 e. The first-order valence-corrected chi connectivity index (χ1v) is 9.52. The van der Waals surface area contributed by atoms with E-state index in [0.29, 0.717) is 32.1 Å². The van der Waals surface area contributed by atoms with Gasteiger partial charge in [-0.25, -0.2) is 4.39 Å². The van der Waals surface area contributed by atoms with Crippen LogP contribution >= 0.6 is 0 Å². The van der Waals surface area contributed by atoms with Gasteiger partial charge in [0.1, 0.15) is 5.78 Å². The number of aliphatic hydroxyl groups is 1. The van der Waals surface area contributed by atoms with Gasteiger partial charge in [0.05, 0.1) is 5.60 Å². The molecule has 0 aromatic rings. The molecule has 0 saturated heterocycles. The van der Waals surface area contributed by atoms with Gasteiger partial charge in [0.2, 0.25) is 0 Å². The molecule has 0 radical (unpaired) electrons. The van der Waals surface area contributed by atoms with Crippen LogP contribution in [-0.2, 0) is 9.59 Å². The highest BCUT2D eigenvalue weighted by Gasteiger charge is 2.73. The lowest BCUT2D eigenvalue weighted by atomic mass is 9.42. The molecule has 0 aliphatic heterocycles. The summed E-state index contributed by atoms with van der Waals surface area (Å²) >= 11 is 0. The van der Waals surface area contributed by atoms with Crippen LogP contribution in [0.5, 0.6) is 0 Å². The topological polar surface area (TPSA) is 54.4 Å². The van der Waals surface area contributed by atoms with Crippen molar-refractivity contribution in [1.29, 1.82) is 0 Å². The van der Waals surface area contributed by atoms with Crippen LogP contribution in [-0.4, -0.2) is 27.9 Å². The lowest BCUT2D eigenvalue weighted by Crippen LogP contribution is -2.68. The molecular weight excluding hydrogens is 307 g/mol. The highest BCUT2D eigenvalue weighted by molar-refractivity contribution is 5.91. The number of ketones is 2. The van der Waals surface area contributed by atoms with E-state index >= 15 is 4.39 Å². The van der Waals surface area contributed by atoms with Gasteiger partial charge in [-0.15, -0.1) is 0 Å². The van der Waals surface area contributed by atoms with E-state index in [0.717, 1.165) is 12.8 Å². The number of halogens is 1. The summed E-state index contributed by atoms with van der Waals surface area (Å²) in [5, 5.41) is 10.9. The molecule has 1 N–H and O–H groups in total. The first kappa shape index (κ1) is 16.7. The molecular formula is C20H29FO3. The molecule has 2 unspecified atom stereocenters. The quantitative estimate of drug-likeness (QED) is 0.735. The zero-order chi connectivity index (χ0) is 17.5. The van der Waals surface area contributed by atoms with Gasteiger partial charge in [0, 0.05) is 36.0 Å². The Kier molecular flexibility index (Phi) is 3.26. The number of carbonyl (C=O) groups is 2. The maximum absolute atomic E-state index is 16.6. The van der Waals surface area contributed by atoms with E-state index in [-0.39, 0.29) is 35.7 Å². The molecule has 0 spiro atoms. The summed E-state index contributed by atoms with van der Waals surface area (Å²) in [6, 6.07) is 0. The molecule has 4 heteroatoms. The van der Waals surface area contributed by atoms with Crippen LogP contribution in [0.3, 0.4) is 0 Å². The van der Waals surface area contributed by atoms with E-state index in [1.54, 1.807) is 0 Å². The Morgan fingerprint density at radius 3 is 2.42 bits per heavy atom. The summed E-state index contributed by atoms with van der Waals surface area (Å²) in [5.74, 6) is -0.334. The van der Waals surface area contributed by atoms with Crippen molar-refractivity contribution in [3.8, 4) is 0 Å². The van der Waals surface area contributed by atoms with Crippen molar-refractivity contribution in [2.24, 2.45) is 28.6 Å². The SMILES string of the molecule is C[C@]1(O)CCC2C3CC[C@H]4CC(=O)CC[C@]4(C)[C@@]3(F)C(=O)C[C@@]21C. The second kappa shape index (κ2) is 4.69. The first-order chi connectivity index (χ1) is 11.1. The van der Waals surface area contributed by atoms with Gasteiger partial charge < -0.3 is 5.11 Å². The number of carbonyl (C=O) groups excluding carboxylic acids is 2. The minimum Gasteiger partial charge on any atom is -0.390 e. The summed E-state index contributed by atoms with van der Waals surface area (Å²) in [7, 11) is 0. The fourth-order valence-electron chi connectivity index (χ4n) is 6.98. The molecule has 0 amide bonds. The predicted octanol–water partition coefficient (Wildman–Crippen LogP) is 3.62. The summed E-state index contributed by atoms with van der Waals surface area (Å²) in [6.45, 7) is 5.73. The van der Waals surface area contributed by atoms with E-state index in [2.05, 4.69) is 0 Å². The molecule has 7 atom stereocenters. The zero-order valence-electron chi connectivity index (χ0n) is 15.0. The standard InChI is InChI=1S/C20H29FO3/c1-17-8-6-13(22)10-12(17)4-5-15-14-7-9-19(3,24)18(14,2)11-16(23)20(15,17)21/h12,14-15,24H,4-11H2,1-3H3/t12-,14?,15?,17-,18-,19-,20-/m0/s1. The predicted molar refractivity (Wildman–Crippen MR) is 88.1 cm³/mol. The largest absolute Gasteiger partial charge is 0.390 e. The lowest BCUT2D eigenvalue weighted by Gasteiger charge is -2.62. The van der Waals surface area contributed by atoms with E-state index in [1.165, 1.54) is 0 Å². The maximum atomic E-state index is 16.6. The molecule has 0 aromatic heterocycles. The summed E-state index contributed by atoms with van der Waals surface area (Å²) in [4.78, 5) is 25.0. The van der Waals surface area contributed by atoms with Gasteiger partial charge >= 0.3 is 0 Å². The number of hydrogen-bond donors (Lipinski definition) is 1. The molecule has 3 nitrogen and oxygen atoms in total. The van der Waals surface area contributed by atoms with Crippen molar-refractivity contribution in [2.45, 2.75) is 83.4 Å². The third-order valence-electron chi connectivity index (χ3n) is 8.88. The molecule has 4 saturated carbocycles. The number of hydrogen-bond acceptors (Lipinski definition) is 3. The van der Waals surface area contributed by atoms with Gasteiger partial charge in [-0.05, 0) is 50.9 Å². The molecule has 0 bridgehead atoms. The molecule has 4 rings (SSSR count). The van der Waals surface area contributed by atoms with Crippen LogP contribution in [0, 0.1) is 28.6 Å². The van der Waals surface area contributed by atoms with E-state index in [1.807, 2.05) is 20.8 Å². The number of fused-ring (bicyclic) bond motifs is 5. The van der Waals surface area contributed by atoms with Gasteiger partial charge in [0.25, 0.3) is 0 Å². The van der Waals surface area contributed by atoms with Crippen LogP contribution in [0.4, 0.5) is 4.39 Å². The van der Waals surface area contributed by atoms with Gasteiger partial charge in [0.15, 0.2) is 11.5 Å². The van der Waals surface area contributed by atoms with Crippen molar-refractivity contribution in [1.82, 2.24) is 0 Å². The number of alkyl halides is 1. The molecule has 0 heterocycles. The average Bonchev–Trinajstić information content (AvgIpc) is 2.72. The van der Waals surface area contributed by atoms with Crippen molar-refractivity contribution in [3.05, 3.63) is 0 Å². The summed E-state index contributed by atoms with van der Waals surface area (Å²) in [6.07, 6.45) is 4.41. The Morgan fingerprint density at radius 1 is 1.00 bits per heavy atom. The minimum absolute atomic E-state index is 0.00443. The van der Waals surface area contributed by atoms with E-state index < -0.39 is 22.1 Å². The molecule has 4 fully saturated rings. The lowest BCUT2D eigenvalue weighted by molar-refractivity contribution is -0.205. The summed E-state index contributed by atoms with van der Waals surface area (Å²) < 4.78 is 16.6. The van der Waals surface area contributed by atoms with Crippen LogP contribution in [0.15, 0.2) is 0 Å². The van der Waals surface area contributed by atoms with Crippen LogP contribution < -0.4 is 0 Å². The fraction of sp³-hybridized carbons (Fsp3) is 0.900. The van der Waals surface area contributed by atoms with Crippen molar-refractivity contribution in [3.63, 3.8) is 0 Å². The van der Waals surface area contributed by atoms with E-state index in [4.69, 9.17) is 0 Å². The molecule has 24 heavy (non-hydrogen) atoms. The first-order valence-electron chi connectivity index (χ1n) is 9.52. The van der Waals surface area contributed by atoms with Crippen LogP contribution in [0.1, 0.15) is 72.1 Å². The molecule has 4 aliphatic carbocycles. The van der Waals surface area contributed by atoms with Crippen molar-refractivity contribution >= 4 is 11.6 Å². The van der Waals surface area contributed by atoms with Gasteiger partial charge in [-0.3, -0.25) is 9.59 Å².